The lowest BCUT2D eigenvalue weighted by molar-refractivity contribution is -0.154. The molecule has 2 heterocycles. The maximum atomic E-state index is 13.4. The van der Waals surface area contributed by atoms with Crippen molar-refractivity contribution in [2.45, 2.75) is 31.8 Å². The molecular formula is C26H29FN2O5. The number of ether oxygens (including phenoxy) is 2. The van der Waals surface area contributed by atoms with Crippen molar-refractivity contribution in [1.29, 1.82) is 0 Å². The van der Waals surface area contributed by atoms with E-state index in [1.165, 1.54) is 33.4 Å². The second-order valence-electron chi connectivity index (χ2n) is 9.39. The van der Waals surface area contributed by atoms with Gasteiger partial charge in [-0.1, -0.05) is 38.1 Å². The first-order chi connectivity index (χ1) is 16.1. The molecule has 1 N–H and O–H groups in total. The molecule has 2 aromatic rings. The Kier molecular flexibility index (Phi) is 6.20. The molecule has 2 aliphatic heterocycles. The molecule has 4 atom stereocenters. The highest BCUT2D eigenvalue weighted by Crippen LogP contribution is 2.51. The van der Waals surface area contributed by atoms with Crippen LogP contribution in [0.1, 0.15) is 31.9 Å². The number of likely N-dealkylation sites (tertiary alicyclic amines) is 1. The second kappa shape index (κ2) is 8.83. The zero-order chi connectivity index (χ0) is 24.8. The van der Waals surface area contributed by atoms with Gasteiger partial charge in [-0.25, -0.2) is 4.39 Å². The number of hydrogen-bond acceptors (Lipinski definition) is 6. The zero-order valence-electron chi connectivity index (χ0n) is 19.9. The molecule has 0 saturated carbocycles. The third kappa shape index (κ3) is 3.66. The summed E-state index contributed by atoms with van der Waals surface area (Å²) in [5.41, 5.74) is 0.924. The van der Waals surface area contributed by atoms with E-state index in [-0.39, 0.29) is 23.5 Å². The van der Waals surface area contributed by atoms with E-state index in [1.54, 1.807) is 18.2 Å². The number of imide groups is 1. The van der Waals surface area contributed by atoms with Crippen LogP contribution in [-0.4, -0.2) is 49.5 Å². The highest BCUT2D eigenvalue weighted by atomic mass is 19.1. The van der Waals surface area contributed by atoms with Gasteiger partial charge in [0.15, 0.2) is 0 Å². The maximum Gasteiger partial charge on any atom is 0.326 e. The number of nitrogens with zero attached hydrogens (tertiary/aromatic N) is 1. The zero-order valence-corrected chi connectivity index (χ0v) is 19.9. The van der Waals surface area contributed by atoms with E-state index in [2.05, 4.69) is 5.32 Å². The number of rotatable bonds is 6. The van der Waals surface area contributed by atoms with Crippen molar-refractivity contribution in [3.63, 3.8) is 0 Å². The molecule has 0 spiro atoms. The number of methoxy groups -OCH3 is 2. The smallest absolute Gasteiger partial charge is 0.326 e. The minimum Gasteiger partial charge on any atom is -0.496 e. The van der Waals surface area contributed by atoms with E-state index >= 15 is 0 Å². The van der Waals surface area contributed by atoms with Gasteiger partial charge in [0.2, 0.25) is 11.8 Å². The van der Waals surface area contributed by atoms with E-state index in [9.17, 15) is 18.8 Å². The fraction of sp³-hybridized carbons (Fsp3) is 0.423. The van der Waals surface area contributed by atoms with Gasteiger partial charge in [0.25, 0.3) is 0 Å². The number of hydrogen-bond donors (Lipinski definition) is 1. The first-order valence-corrected chi connectivity index (χ1v) is 11.3. The van der Waals surface area contributed by atoms with Crippen molar-refractivity contribution >= 4 is 17.8 Å². The van der Waals surface area contributed by atoms with Gasteiger partial charge < -0.3 is 9.47 Å². The summed E-state index contributed by atoms with van der Waals surface area (Å²) in [6, 6.07) is 11.0. The van der Waals surface area contributed by atoms with Gasteiger partial charge in [-0.2, -0.15) is 0 Å². The average Bonchev–Trinajstić information content (AvgIpc) is 3.28. The van der Waals surface area contributed by atoms with Crippen molar-refractivity contribution in [3.8, 4) is 16.9 Å². The molecule has 2 amide bonds. The average molecular weight is 469 g/mol. The Morgan fingerprint density at radius 1 is 1.12 bits per heavy atom. The fourth-order valence-electron chi connectivity index (χ4n) is 5.49. The van der Waals surface area contributed by atoms with Gasteiger partial charge in [0, 0.05) is 18.7 Å². The van der Waals surface area contributed by atoms with Crippen molar-refractivity contribution in [1.82, 2.24) is 10.2 Å². The quantitative estimate of drug-likeness (QED) is 0.517. The standard InChI is InChI=1S/C26H29FN2O5/c1-14(2)13-26(25(32)34-5)21-20(23(30)29(3)24(21)31)22(28-26)16-8-11-18(19(12-16)33-4)15-6-9-17(27)10-7-15/h6-12,14,20-22,28H,13H2,1-5H3/t20-,21-,22-,26-/m1/s1. The molecule has 2 aromatic carbocycles. The van der Waals surface area contributed by atoms with Crippen LogP contribution >= 0.6 is 0 Å². The van der Waals surface area contributed by atoms with Gasteiger partial charge in [-0.05, 0) is 41.7 Å². The predicted molar refractivity (Wildman–Crippen MR) is 123 cm³/mol. The number of benzene rings is 2. The molecule has 2 saturated heterocycles. The van der Waals surface area contributed by atoms with Gasteiger partial charge >= 0.3 is 5.97 Å². The summed E-state index contributed by atoms with van der Waals surface area (Å²) in [4.78, 5) is 40.6. The van der Waals surface area contributed by atoms with Crippen LogP contribution in [0.2, 0.25) is 0 Å². The molecule has 0 aliphatic carbocycles. The van der Waals surface area contributed by atoms with Crippen LogP contribution in [-0.2, 0) is 19.1 Å². The summed E-state index contributed by atoms with van der Waals surface area (Å²) in [7, 11) is 4.28. The molecule has 7 nitrogen and oxygen atoms in total. The van der Waals surface area contributed by atoms with E-state index in [0.717, 1.165) is 16.0 Å². The van der Waals surface area contributed by atoms with E-state index < -0.39 is 29.4 Å². The Hall–Kier alpha value is -3.26. The lowest BCUT2D eigenvalue weighted by atomic mass is 9.75. The fourth-order valence-corrected chi connectivity index (χ4v) is 5.49. The lowest BCUT2D eigenvalue weighted by Gasteiger charge is -2.33. The molecule has 0 bridgehead atoms. The van der Waals surface area contributed by atoms with Crippen molar-refractivity contribution < 1.29 is 28.2 Å². The topological polar surface area (TPSA) is 84.9 Å². The van der Waals surface area contributed by atoms with Crippen molar-refractivity contribution in [2.75, 3.05) is 21.3 Å². The number of esters is 1. The summed E-state index contributed by atoms with van der Waals surface area (Å²) in [6.07, 6.45) is 0.342. The Morgan fingerprint density at radius 2 is 1.79 bits per heavy atom. The number of nitrogens with one attached hydrogen (secondary N) is 1. The number of carbonyl (C=O) groups excluding carboxylic acids is 3. The molecule has 2 fully saturated rings. The molecule has 0 aromatic heterocycles. The van der Waals surface area contributed by atoms with Crippen LogP contribution in [0.5, 0.6) is 5.75 Å². The molecule has 2 aliphatic rings. The molecular weight excluding hydrogens is 439 g/mol. The summed E-state index contributed by atoms with van der Waals surface area (Å²) < 4.78 is 24.2. The first kappa shape index (κ1) is 23.9. The van der Waals surface area contributed by atoms with Crippen LogP contribution in [0.15, 0.2) is 42.5 Å². The molecule has 4 rings (SSSR count). The first-order valence-electron chi connectivity index (χ1n) is 11.3. The van der Waals surface area contributed by atoms with Gasteiger partial charge in [-0.15, -0.1) is 0 Å². The van der Waals surface area contributed by atoms with Crippen LogP contribution in [0.4, 0.5) is 4.39 Å². The van der Waals surface area contributed by atoms with Gasteiger partial charge in [0.1, 0.15) is 17.1 Å². The van der Waals surface area contributed by atoms with E-state index in [4.69, 9.17) is 9.47 Å². The van der Waals surface area contributed by atoms with Crippen LogP contribution in [0, 0.1) is 23.6 Å². The van der Waals surface area contributed by atoms with Gasteiger partial charge in [0.05, 0.1) is 26.1 Å². The Bertz CT molecular complexity index is 1130. The van der Waals surface area contributed by atoms with Crippen LogP contribution in [0.25, 0.3) is 11.1 Å². The number of amides is 2. The lowest BCUT2D eigenvalue weighted by Crippen LogP contribution is -2.56. The monoisotopic (exact) mass is 468 g/mol. The maximum absolute atomic E-state index is 13.4. The largest absolute Gasteiger partial charge is 0.496 e. The van der Waals surface area contributed by atoms with Crippen LogP contribution < -0.4 is 10.1 Å². The van der Waals surface area contributed by atoms with Crippen molar-refractivity contribution in [3.05, 3.63) is 53.8 Å². The minimum absolute atomic E-state index is 0.0650. The summed E-state index contributed by atoms with van der Waals surface area (Å²) in [5, 5.41) is 3.36. The van der Waals surface area contributed by atoms with Crippen LogP contribution in [0.3, 0.4) is 0 Å². The number of carbonyl (C=O) groups is 3. The third-order valence-corrected chi connectivity index (χ3v) is 6.89. The predicted octanol–water partition coefficient (Wildman–Crippen LogP) is 3.33. The highest BCUT2D eigenvalue weighted by Gasteiger charge is 2.68. The highest BCUT2D eigenvalue weighted by molar-refractivity contribution is 6.09. The number of halogens is 1. The Morgan fingerprint density at radius 3 is 2.38 bits per heavy atom. The van der Waals surface area contributed by atoms with E-state index in [1.807, 2.05) is 26.0 Å². The molecule has 0 radical (unpaired) electrons. The second-order valence-corrected chi connectivity index (χ2v) is 9.39. The minimum atomic E-state index is -1.32. The molecule has 0 unspecified atom stereocenters. The summed E-state index contributed by atoms with van der Waals surface area (Å²) in [5.74, 6) is -2.62. The van der Waals surface area contributed by atoms with Gasteiger partial charge in [-0.3, -0.25) is 24.6 Å². The molecule has 180 valence electrons. The summed E-state index contributed by atoms with van der Waals surface area (Å²) in [6.45, 7) is 3.92. The Labute approximate surface area is 198 Å². The SMILES string of the molecule is COC(=O)[C@]1(CC(C)C)N[C@H](c2ccc(-c3ccc(F)cc3)c(OC)c2)[C@@H]2C(=O)N(C)C(=O)[C@@H]21. The number of fused-ring (bicyclic) bond motifs is 1. The Balaban J connectivity index is 1.82. The molecule has 34 heavy (non-hydrogen) atoms. The normalized spacial score (nSPS) is 26.2. The van der Waals surface area contributed by atoms with E-state index in [0.29, 0.717) is 17.7 Å². The summed E-state index contributed by atoms with van der Waals surface area (Å²) >= 11 is 0. The van der Waals surface area contributed by atoms with Crippen molar-refractivity contribution in [2.24, 2.45) is 17.8 Å². The molecule has 8 heteroatoms. The third-order valence-electron chi connectivity index (χ3n) is 6.89.